The van der Waals surface area contributed by atoms with Crippen LogP contribution in [0, 0.1) is 20.2 Å². The molecule has 0 saturated heterocycles. The van der Waals surface area contributed by atoms with Crippen LogP contribution < -0.4 is 23.5 Å². The monoisotopic (exact) mass is 1050 g/mol. The van der Waals surface area contributed by atoms with Gasteiger partial charge in [0.1, 0.15) is 34.5 Å². The summed E-state index contributed by atoms with van der Waals surface area (Å²) >= 11 is 0. The number of nitro groups is 2. The highest BCUT2D eigenvalue weighted by Crippen LogP contribution is 2.58. The minimum absolute atomic E-state index is 0.000644. The molecule has 11 aromatic rings. The van der Waals surface area contributed by atoms with Crippen LogP contribution in [-0.2, 0) is 10.8 Å². The maximum atomic E-state index is 11.3. The number of ether oxygens (including phenoxy) is 2. The number of nitro benzene ring substituents is 2. The van der Waals surface area contributed by atoms with Gasteiger partial charge >= 0.3 is 9.28 Å². The molecule has 0 bridgehead atoms. The van der Waals surface area contributed by atoms with Crippen LogP contribution in [0.3, 0.4) is 0 Å². The largest absolute Gasteiger partial charge is 0.511 e. The molecule has 13 rings (SSSR count). The third kappa shape index (κ3) is 8.46. The van der Waals surface area contributed by atoms with Crippen molar-refractivity contribution in [3.63, 3.8) is 0 Å². The molecule has 0 N–H and O–H groups in total. The summed E-state index contributed by atoms with van der Waals surface area (Å²) in [5.41, 5.74) is 12.2. The summed E-state index contributed by atoms with van der Waals surface area (Å²) in [7, 11) is -2.68. The molecule has 0 aromatic heterocycles. The van der Waals surface area contributed by atoms with Crippen LogP contribution in [0.4, 0.5) is 11.4 Å². The summed E-state index contributed by atoms with van der Waals surface area (Å²) in [6, 6.07) is 89.6. The molecule has 0 saturated carbocycles. The highest BCUT2D eigenvalue weighted by Gasteiger charge is 2.47. The fourth-order valence-electron chi connectivity index (χ4n) is 11.7. The Labute approximate surface area is 457 Å². The first kappa shape index (κ1) is 48.3. The Balaban J connectivity index is 0.823. The van der Waals surface area contributed by atoms with Gasteiger partial charge in [0.15, 0.2) is 0 Å². The van der Waals surface area contributed by atoms with Gasteiger partial charge in [-0.15, -0.1) is 0 Å². The predicted molar refractivity (Wildman–Crippen MR) is 308 cm³/mol. The van der Waals surface area contributed by atoms with Crippen molar-refractivity contribution in [1.29, 1.82) is 0 Å². The lowest BCUT2D eigenvalue weighted by molar-refractivity contribution is -0.385. The van der Waals surface area contributed by atoms with Crippen molar-refractivity contribution in [2.75, 3.05) is 0 Å². The summed E-state index contributed by atoms with van der Waals surface area (Å²) in [6.07, 6.45) is 0. The van der Waals surface area contributed by atoms with E-state index in [4.69, 9.17) is 18.3 Å². The lowest BCUT2D eigenvalue weighted by Gasteiger charge is -2.34. The van der Waals surface area contributed by atoms with Crippen molar-refractivity contribution in [2.24, 2.45) is 0 Å². The van der Waals surface area contributed by atoms with Crippen molar-refractivity contribution >= 4 is 25.8 Å². The van der Waals surface area contributed by atoms with E-state index >= 15 is 0 Å². The molecule has 0 spiro atoms. The first-order valence-electron chi connectivity index (χ1n) is 25.8. The molecule has 79 heavy (non-hydrogen) atoms. The first-order chi connectivity index (χ1) is 38.8. The number of rotatable bonds is 15. The van der Waals surface area contributed by atoms with Gasteiger partial charge < -0.3 is 18.3 Å². The van der Waals surface area contributed by atoms with Crippen LogP contribution in [0.5, 0.6) is 34.5 Å². The smallest absolute Gasteiger partial charge is 0.479 e. The van der Waals surface area contributed by atoms with Gasteiger partial charge in [-0.25, -0.2) is 0 Å². The second kappa shape index (κ2) is 20.0. The Morgan fingerprint density at radius 1 is 0.291 bits per heavy atom. The highest BCUT2D eigenvalue weighted by atomic mass is 28.3. The minimum atomic E-state index is -2.68. The van der Waals surface area contributed by atoms with Crippen LogP contribution in [0.25, 0.3) is 22.3 Å². The van der Waals surface area contributed by atoms with E-state index in [0.29, 0.717) is 34.5 Å². The zero-order valence-electron chi connectivity index (χ0n) is 42.2. The zero-order valence-corrected chi connectivity index (χ0v) is 43.4. The molecule has 0 amide bonds. The van der Waals surface area contributed by atoms with Crippen LogP contribution in [0.1, 0.15) is 44.5 Å². The molecule has 10 nitrogen and oxygen atoms in total. The Morgan fingerprint density at radius 2 is 0.544 bits per heavy atom. The molecule has 0 heterocycles. The Bertz CT molecular complexity index is 3720. The number of benzene rings is 11. The maximum Gasteiger partial charge on any atom is 0.479 e. The fraction of sp³-hybridized carbons (Fsp3) is 0.0294. The van der Waals surface area contributed by atoms with Crippen LogP contribution in [-0.4, -0.2) is 19.1 Å². The van der Waals surface area contributed by atoms with E-state index in [1.807, 2.05) is 66.7 Å². The molecule has 0 atom stereocenters. The summed E-state index contributed by atoms with van der Waals surface area (Å²) < 4.78 is 26.4. The molecule has 11 aromatic carbocycles. The number of nitrogens with zero attached hydrogens (tertiary/aromatic N) is 2. The van der Waals surface area contributed by atoms with Gasteiger partial charge in [0.05, 0.1) is 20.7 Å². The van der Waals surface area contributed by atoms with E-state index in [9.17, 15) is 20.2 Å². The summed E-state index contributed by atoms with van der Waals surface area (Å²) in [5.74, 6) is 3.59. The van der Waals surface area contributed by atoms with Gasteiger partial charge in [-0.2, -0.15) is 0 Å². The van der Waals surface area contributed by atoms with E-state index < -0.39 is 30.0 Å². The standard InChI is InChI=1S/C68H46N2O8Si/c71-69(72)50-30-42-54(43-31-50)75-52-34-22-46(23-35-52)67(63-18-8-4-14-59(63)60-15-5-9-19-64(60)67)48-26-38-56(39-27-48)77-79(58-12-2-1-3-13-58)78-57-40-28-49(29-41-57)68(65-20-10-6-16-61(65)62-17-7-11-21-66(62)68)47-24-36-53(37-25-47)76-55-44-32-51(33-45-55)70(73)74/h1-45,79H. The Kier molecular flexibility index (Phi) is 12.2. The van der Waals surface area contributed by atoms with Gasteiger partial charge in [0, 0.05) is 29.5 Å². The second-order valence-corrected chi connectivity index (χ2v) is 21.3. The Morgan fingerprint density at radius 3 is 0.835 bits per heavy atom. The summed E-state index contributed by atoms with van der Waals surface area (Å²) in [5, 5.41) is 23.5. The van der Waals surface area contributed by atoms with E-state index in [-0.39, 0.29) is 11.4 Å². The topological polar surface area (TPSA) is 123 Å². The van der Waals surface area contributed by atoms with E-state index in [1.54, 1.807) is 24.3 Å². The lowest BCUT2D eigenvalue weighted by Crippen LogP contribution is -2.42. The zero-order chi connectivity index (χ0) is 53.5. The highest BCUT2D eigenvalue weighted by molar-refractivity contribution is 6.62. The van der Waals surface area contributed by atoms with Crippen molar-refractivity contribution < 1.29 is 28.2 Å². The second-order valence-electron chi connectivity index (χ2n) is 19.5. The van der Waals surface area contributed by atoms with Gasteiger partial charge in [-0.3, -0.25) is 20.2 Å². The average Bonchev–Trinajstić information content (AvgIpc) is 4.22. The van der Waals surface area contributed by atoms with E-state index in [2.05, 4.69) is 158 Å². The SMILES string of the molecule is O=[N+]([O-])c1ccc(Oc2ccc(C3(c4ccc(O[SiH](Oc5ccc(C6(c7ccc(Oc8ccc([N+](=O)[O-])cc8)cc7)c7ccccc7-c7ccccc76)cc5)c5ccccc5)cc4)c4ccccc4-c4ccccc43)cc2)cc1. The molecule has 0 fully saturated rings. The van der Waals surface area contributed by atoms with Gasteiger partial charge in [-0.1, -0.05) is 176 Å². The van der Waals surface area contributed by atoms with Gasteiger partial charge in [0.25, 0.3) is 11.4 Å². The van der Waals surface area contributed by atoms with Crippen molar-refractivity contribution in [1.82, 2.24) is 0 Å². The third-order valence-electron chi connectivity index (χ3n) is 15.2. The molecule has 2 aliphatic rings. The van der Waals surface area contributed by atoms with Crippen LogP contribution in [0.15, 0.2) is 273 Å². The van der Waals surface area contributed by atoms with Crippen LogP contribution >= 0.6 is 0 Å². The molecule has 380 valence electrons. The molecule has 0 unspecified atom stereocenters. The lowest BCUT2D eigenvalue weighted by atomic mass is 9.68. The molecular weight excluding hydrogens is 1000 g/mol. The van der Waals surface area contributed by atoms with Crippen LogP contribution in [0.2, 0.25) is 0 Å². The summed E-state index contributed by atoms with van der Waals surface area (Å²) in [6.45, 7) is 0. The average molecular weight is 1050 g/mol. The normalized spacial score (nSPS) is 13.1. The van der Waals surface area contributed by atoms with Crippen molar-refractivity contribution in [2.45, 2.75) is 10.8 Å². The number of hydrogen-bond donors (Lipinski definition) is 0. The molecule has 11 heteroatoms. The molecule has 0 aliphatic heterocycles. The Hall–Kier alpha value is -10.4. The maximum absolute atomic E-state index is 11.3. The van der Waals surface area contributed by atoms with Gasteiger partial charge in [-0.05, 0) is 140 Å². The molecular formula is C68H46N2O8Si. The third-order valence-corrected chi connectivity index (χ3v) is 17.1. The summed E-state index contributed by atoms with van der Waals surface area (Å²) in [4.78, 5) is 21.7. The number of fused-ring (bicyclic) bond motifs is 6. The molecule has 2 aliphatic carbocycles. The quantitative estimate of drug-likeness (QED) is 0.0565. The molecule has 0 radical (unpaired) electrons. The van der Waals surface area contributed by atoms with E-state index in [1.165, 1.54) is 24.3 Å². The fourth-order valence-corrected chi connectivity index (χ4v) is 13.4. The minimum Gasteiger partial charge on any atom is -0.511 e. The van der Waals surface area contributed by atoms with Crippen molar-refractivity contribution in [3.05, 3.63) is 338 Å². The van der Waals surface area contributed by atoms with Gasteiger partial charge in [0.2, 0.25) is 0 Å². The first-order valence-corrected chi connectivity index (χ1v) is 27.3. The number of hydrogen-bond acceptors (Lipinski definition) is 8. The van der Waals surface area contributed by atoms with Crippen molar-refractivity contribution in [3.8, 4) is 56.8 Å². The van der Waals surface area contributed by atoms with E-state index in [0.717, 1.165) is 71.9 Å². The number of non-ortho nitro benzene ring substituents is 2. The predicted octanol–water partition coefficient (Wildman–Crippen LogP) is 15.4.